The minimum absolute atomic E-state index is 0.361. The van der Waals surface area contributed by atoms with Crippen LogP contribution in [0.25, 0.3) is 0 Å². The Labute approximate surface area is 135 Å². The van der Waals surface area contributed by atoms with Gasteiger partial charge in [-0.15, -0.1) is 0 Å². The lowest BCUT2D eigenvalue weighted by Crippen LogP contribution is -2.52. The SMILES string of the molecule is COC1CN(CCN=C2Nc3cc4c(cc3N([O-])N2)CCC4)C1. The lowest BCUT2D eigenvalue weighted by molar-refractivity contribution is -0.0274. The number of hydrogen-bond acceptors (Lipinski definition) is 5. The summed E-state index contributed by atoms with van der Waals surface area (Å²) in [4.78, 5) is 6.76. The number of hydrazine groups is 1. The van der Waals surface area contributed by atoms with E-state index in [0.717, 1.165) is 43.3 Å². The first kappa shape index (κ1) is 14.7. The summed E-state index contributed by atoms with van der Waals surface area (Å²) in [6, 6.07) is 4.09. The first-order valence-corrected chi connectivity index (χ1v) is 8.19. The Kier molecular flexibility index (Phi) is 3.84. The zero-order chi connectivity index (χ0) is 15.8. The molecule has 2 N–H and O–H groups in total. The van der Waals surface area contributed by atoms with Crippen molar-refractivity contribution in [1.82, 2.24) is 10.3 Å². The van der Waals surface area contributed by atoms with E-state index in [-0.39, 0.29) is 0 Å². The Morgan fingerprint density at radius 2 is 2.09 bits per heavy atom. The van der Waals surface area contributed by atoms with Crippen LogP contribution in [0.2, 0.25) is 0 Å². The molecule has 2 aliphatic heterocycles. The van der Waals surface area contributed by atoms with Crippen LogP contribution in [-0.2, 0) is 17.6 Å². The van der Waals surface area contributed by atoms with Crippen LogP contribution in [0, 0.1) is 5.21 Å². The summed E-state index contributed by atoms with van der Waals surface area (Å²) in [5.74, 6) is 0.522. The highest BCUT2D eigenvalue weighted by molar-refractivity contribution is 6.01. The summed E-state index contributed by atoms with van der Waals surface area (Å²) < 4.78 is 5.25. The van der Waals surface area contributed by atoms with Crippen LogP contribution in [0.5, 0.6) is 0 Å². The van der Waals surface area contributed by atoms with Gasteiger partial charge in [0.15, 0.2) is 0 Å². The van der Waals surface area contributed by atoms with Gasteiger partial charge in [0.1, 0.15) is 0 Å². The molecule has 3 aliphatic rings. The minimum atomic E-state index is 0.361. The number of likely N-dealkylation sites (tertiary alicyclic amines) is 1. The van der Waals surface area contributed by atoms with Crippen LogP contribution in [-0.4, -0.2) is 50.3 Å². The molecule has 1 aromatic carbocycles. The van der Waals surface area contributed by atoms with Gasteiger partial charge in [0.25, 0.3) is 0 Å². The van der Waals surface area contributed by atoms with E-state index in [4.69, 9.17) is 4.74 Å². The van der Waals surface area contributed by atoms with Gasteiger partial charge in [-0.1, -0.05) is 0 Å². The van der Waals surface area contributed by atoms with Crippen LogP contribution in [0.4, 0.5) is 11.4 Å². The molecule has 2 heterocycles. The number of aryl methyl sites for hydroxylation is 2. The van der Waals surface area contributed by atoms with E-state index in [1.54, 1.807) is 7.11 Å². The maximum absolute atomic E-state index is 12.2. The Hall–Kier alpha value is -1.83. The van der Waals surface area contributed by atoms with E-state index in [9.17, 15) is 5.21 Å². The maximum Gasteiger partial charge on any atom is 0.214 e. The smallest absolute Gasteiger partial charge is 0.214 e. The number of rotatable bonds is 4. The second-order valence-electron chi connectivity index (χ2n) is 6.37. The third kappa shape index (κ3) is 2.87. The highest BCUT2D eigenvalue weighted by Gasteiger charge is 2.25. The summed E-state index contributed by atoms with van der Waals surface area (Å²) in [5, 5.41) is 16.3. The van der Waals surface area contributed by atoms with Crippen molar-refractivity contribution in [2.24, 2.45) is 4.99 Å². The monoisotopic (exact) mass is 316 g/mol. The van der Waals surface area contributed by atoms with Crippen molar-refractivity contribution in [1.29, 1.82) is 0 Å². The molecular formula is C16H22N5O2-. The van der Waals surface area contributed by atoms with Crippen LogP contribution in [0.15, 0.2) is 17.1 Å². The van der Waals surface area contributed by atoms with E-state index in [1.807, 2.05) is 6.07 Å². The average molecular weight is 316 g/mol. The minimum Gasteiger partial charge on any atom is -0.739 e. The largest absolute Gasteiger partial charge is 0.739 e. The predicted octanol–water partition coefficient (Wildman–Crippen LogP) is 1.10. The second-order valence-corrected chi connectivity index (χ2v) is 6.37. The first-order valence-electron chi connectivity index (χ1n) is 8.19. The summed E-state index contributed by atoms with van der Waals surface area (Å²) in [6.45, 7) is 3.46. The average Bonchev–Trinajstić information content (AvgIpc) is 2.95. The fourth-order valence-electron chi connectivity index (χ4n) is 3.42. The highest BCUT2D eigenvalue weighted by Crippen LogP contribution is 2.34. The molecule has 0 saturated carbocycles. The molecule has 7 nitrogen and oxygen atoms in total. The molecule has 0 amide bonds. The molecule has 7 heteroatoms. The third-order valence-corrected chi connectivity index (χ3v) is 4.83. The molecule has 4 rings (SSSR count). The zero-order valence-electron chi connectivity index (χ0n) is 13.3. The molecule has 0 unspecified atom stereocenters. The van der Waals surface area contributed by atoms with E-state index < -0.39 is 0 Å². The zero-order valence-corrected chi connectivity index (χ0v) is 13.3. The van der Waals surface area contributed by atoms with Crippen molar-refractivity contribution in [3.8, 4) is 0 Å². The summed E-state index contributed by atoms with van der Waals surface area (Å²) >= 11 is 0. The predicted molar refractivity (Wildman–Crippen MR) is 90.6 cm³/mol. The molecular weight excluding hydrogens is 294 g/mol. The molecule has 0 atom stereocenters. The fourth-order valence-corrected chi connectivity index (χ4v) is 3.42. The number of benzene rings is 1. The lowest BCUT2D eigenvalue weighted by atomic mass is 10.1. The Balaban J connectivity index is 1.39. The van der Waals surface area contributed by atoms with Crippen LogP contribution in [0.3, 0.4) is 0 Å². The number of ether oxygens (including phenoxy) is 1. The first-order chi connectivity index (χ1) is 11.2. The number of nitrogens with zero attached hydrogens (tertiary/aromatic N) is 3. The van der Waals surface area contributed by atoms with E-state index >= 15 is 0 Å². The van der Waals surface area contributed by atoms with E-state index in [0.29, 0.717) is 24.3 Å². The van der Waals surface area contributed by atoms with E-state index in [1.165, 1.54) is 17.5 Å². The summed E-state index contributed by atoms with van der Waals surface area (Å²) in [7, 11) is 1.75. The molecule has 1 saturated heterocycles. The van der Waals surface area contributed by atoms with Gasteiger partial charge < -0.3 is 20.4 Å². The Morgan fingerprint density at radius 3 is 2.87 bits per heavy atom. The molecule has 0 radical (unpaired) electrons. The van der Waals surface area contributed by atoms with Gasteiger partial charge in [-0.25, -0.2) is 0 Å². The summed E-state index contributed by atoms with van der Waals surface area (Å²) in [5.41, 5.74) is 6.90. The topological polar surface area (TPSA) is 75.2 Å². The number of nitrogens with one attached hydrogen (secondary N) is 2. The van der Waals surface area contributed by atoms with Gasteiger partial charge in [0.05, 0.1) is 24.0 Å². The number of hydrogen-bond donors (Lipinski definition) is 2. The molecule has 23 heavy (non-hydrogen) atoms. The van der Waals surface area contributed by atoms with Crippen LogP contribution < -0.4 is 15.9 Å². The fraction of sp³-hybridized carbons (Fsp3) is 0.562. The number of guanidine groups is 1. The van der Waals surface area contributed by atoms with Gasteiger partial charge in [-0.3, -0.25) is 15.3 Å². The van der Waals surface area contributed by atoms with Gasteiger partial charge in [-0.2, -0.15) is 0 Å². The molecule has 0 bridgehead atoms. The maximum atomic E-state index is 12.2. The Bertz CT molecular complexity index is 627. The lowest BCUT2D eigenvalue weighted by Gasteiger charge is -2.39. The van der Waals surface area contributed by atoms with Crippen molar-refractivity contribution in [3.05, 3.63) is 28.5 Å². The van der Waals surface area contributed by atoms with Gasteiger partial charge >= 0.3 is 0 Å². The molecule has 124 valence electrons. The van der Waals surface area contributed by atoms with Gasteiger partial charge in [-0.05, 0) is 42.5 Å². The molecule has 0 spiro atoms. The molecule has 1 aliphatic carbocycles. The molecule has 0 aromatic heterocycles. The number of methoxy groups -OCH3 is 1. The van der Waals surface area contributed by atoms with E-state index in [2.05, 4.69) is 26.7 Å². The molecule has 1 fully saturated rings. The number of anilines is 2. The summed E-state index contributed by atoms with van der Waals surface area (Å²) in [6.07, 6.45) is 3.69. The van der Waals surface area contributed by atoms with Crippen molar-refractivity contribution in [2.45, 2.75) is 25.4 Å². The van der Waals surface area contributed by atoms with Crippen molar-refractivity contribution < 1.29 is 4.74 Å². The van der Waals surface area contributed by atoms with Crippen LogP contribution >= 0.6 is 0 Å². The van der Waals surface area contributed by atoms with Crippen molar-refractivity contribution in [2.75, 3.05) is 43.8 Å². The highest BCUT2D eigenvalue weighted by atomic mass is 16.5. The number of fused-ring (bicyclic) bond motifs is 2. The van der Waals surface area contributed by atoms with Crippen LogP contribution in [0.1, 0.15) is 17.5 Å². The third-order valence-electron chi connectivity index (χ3n) is 4.83. The Morgan fingerprint density at radius 1 is 1.30 bits per heavy atom. The van der Waals surface area contributed by atoms with Gasteiger partial charge in [0, 0.05) is 26.7 Å². The van der Waals surface area contributed by atoms with Gasteiger partial charge in [0.2, 0.25) is 5.96 Å². The molecule has 1 aromatic rings. The normalized spacial score (nSPS) is 22.3. The standard InChI is InChI=1S/C16H22N5O2/c1-23-13-9-20(10-13)6-5-17-16-18-14-7-11-3-2-4-12(11)8-15(14)21(22)19-16/h7-8,13H,2-6,9-10H2,1H3,(H2,17,18,19)/q-1. The van der Waals surface area contributed by atoms with Crippen molar-refractivity contribution in [3.63, 3.8) is 0 Å². The van der Waals surface area contributed by atoms with Crippen molar-refractivity contribution >= 4 is 17.3 Å². The number of aliphatic imine (C=N–C) groups is 1. The quantitative estimate of drug-likeness (QED) is 0.866. The second kappa shape index (κ2) is 5.99.